The van der Waals surface area contributed by atoms with E-state index < -0.39 is 26.5 Å². The molecule has 0 radical (unpaired) electrons. The van der Waals surface area contributed by atoms with Gasteiger partial charge in [-0.05, 0) is 51.4 Å². The van der Waals surface area contributed by atoms with Crippen molar-refractivity contribution >= 4 is 19.8 Å². The summed E-state index contributed by atoms with van der Waals surface area (Å²) in [6, 6.07) is 0. The molecule has 0 fully saturated rings. The zero-order valence-corrected chi connectivity index (χ0v) is 60.4. The molecule has 0 aromatic rings. The van der Waals surface area contributed by atoms with Gasteiger partial charge in [-0.15, -0.1) is 0 Å². The predicted octanol–water partition coefficient (Wildman–Crippen LogP) is 25.4. The van der Waals surface area contributed by atoms with Crippen molar-refractivity contribution in [3.63, 3.8) is 0 Å². The maximum Gasteiger partial charge on any atom is 0.472 e. The van der Waals surface area contributed by atoms with E-state index in [0.717, 1.165) is 51.4 Å². The first-order valence-electron chi connectivity index (χ1n) is 38.7. The molecule has 2 unspecified atom stereocenters. The average Bonchev–Trinajstić information content (AvgIpc) is 3.57. The highest BCUT2D eigenvalue weighted by Gasteiger charge is 2.27. The van der Waals surface area contributed by atoms with Crippen molar-refractivity contribution in [2.75, 3.05) is 47.5 Å². The topological polar surface area (TPSA) is 108 Å². The van der Waals surface area contributed by atoms with E-state index in [1.807, 2.05) is 21.1 Å². The zero-order valence-electron chi connectivity index (χ0n) is 59.5. The quantitative estimate of drug-likeness (QED) is 0.0211. The summed E-state index contributed by atoms with van der Waals surface area (Å²) < 4.78 is 34.8. The van der Waals surface area contributed by atoms with E-state index in [2.05, 4.69) is 50.3 Å². The molecule has 0 aliphatic heterocycles. The molecule has 0 saturated carbocycles. The number of phosphoric ester groups is 1. The summed E-state index contributed by atoms with van der Waals surface area (Å²) in [6.07, 6.45) is 90.1. The summed E-state index contributed by atoms with van der Waals surface area (Å²) in [6.45, 7) is 4.49. The lowest BCUT2D eigenvalue weighted by Crippen LogP contribution is -2.37. The van der Waals surface area contributed by atoms with E-state index in [1.165, 1.54) is 315 Å². The second-order valence-electron chi connectivity index (χ2n) is 27.8. The lowest BCUT2D eigenvalue weighted by molar-refractivity contribution is -0.870. The van der Waals surface area contributed by atoms with Crippen LogP contribution in [0.3, 0.4) is 0 Å². The van der Waals surface area contributed by atoms with Crippen LogP contribution in [0.4, 0.5) is 0 Å². The van der Waals surface area contributed by atoms with Crippen LogP contribution in [0.1, 0.15) is 399 Å². The summed E-state index contributed by atoms with van der Waals surface area (Å²) in [5.74, 6) is -0.782. The van der Waals surface area contributed by atoms with E-state index in [-0.39, 0.29) is 25.6 Å². The van der Waals surface area contributed by atoms with Gasteiger partial charge < -0.3 is 18.9 Å². The third-order valence-electron chi connectivity index (χ3n) is 17.7. The second kappa shape index (κ2) is 69.6. The summed E-state index contributed by atoms with van der Waals surface area (Å²) in [5.41, 5.74) is 0. The van der Waals surface area contributed by atoms with Crippen LogP contribution in [-0.4, -0.2) is 74.9 Å². The fourth-order valence-electron chi connectivity index (χ4n) is 11.7. The molecule has 0 spiro atoms. The molecule has 0 aromatic heterocycles. The van der Waals surface area contributed by atoms with Gasteiger partial charge in [-0.2, -0.15) is 0 Å². The van der Waals surface area contributed by atoms with E-state index in [1.54, 1.807) is 0 Å². The minimum atomic E-state index is -4.39. The van der Waals surface area contributed by atoms with Crippen LogP contribution in [0.2, 0.25) is 0 Å². The zero-order chi connectivity index (χ0) is 64.1. The second-order valence-corrected chi connectivity index (χ2v) is 29.2. The molecule has 9 nitrogen and oxygen atoms in total. The number of carbonyl (C=O) groups excluding carboxylic acids is 2. The number of quaternary nitrogens is 1. The third-order valence-corrected chi connectivity index (χ3v) is 18.7. The van der Waals surface area contributed by atoms with Gasteiger partial charge in [0.15, 0.2) is 6.10 Å². The van der Waals surface area contributed by atoms with E-state index in [4.69, 9.17) is 18.5 Å². The van der Waals surface area contributed by atoms with Gasteiger partial charge >= 0.3 is 19.8 Å². The normalized spacial score (nSPS) is 13.2. The first kappa shape index (κ1) is 86.2. The molecule has 520 valence electrons. The first-order chi connectivity index (χ1) is 43.0. The molecular formula is C78H151NO8P+. The number of ether oxygens (including phenoxy) is 2. The summed E-state index contributed by atoms with van der Waals surface area (Å²) in [7, 11) is 1.49. The Morgan fingerprint density at radius 2 is 0.614 bits per heavy atom. The van der Waals surface area contributed by atoms with Crippen molar-refractivity contribution in [2.24, 2.45) is 0 Å². The van der Waals surface area contributed by atoms with Crippen LogP contribution in [0.25, 0.3) is 0 Å². The molecule has 0 rings (SSSR count). The SMILES string of the molecule is CCCCCCC/C=C\C/C=C\C/C=C\CCCCCCCCCCCCC(=O)OC(COC(=O)CCCCCCCCCCCCCCCCCCCCCCCCCCCCCCCCCCCCCCCCC)COP(=O)(O)OCC[N+](C)(C)C. The number of carbonyl (C=O) groups is 2. The monoisotopic (exact) mass is 1260 g/mol. The third kappa shape index (κ3) is 73.3. The number of hydrogen-bond donors (Lipinski definition) is 1. The minimum Gasteiger partial charge on any atom is -0.462 e. The average molecular weight is 1260 g/mol. The van der Waals surface area contributed by atoms with Crippen molar-refractivity contribution in [1.29, 1.82) is 0 Å². The Morgan fingerprint density at radius 3 is 0.909 bits per heavy atom. The fraction of sp³-hybridized carbons (Fsp3) is 0.897. The highest BCUT2D eigenvalue weighted by Crippen LogP contribution is 2.43. The van der Waals surface area contributed by atoms with Crippen molar-refractivity contribution in [1.82, 2.24) is 0 Å². The molecule has 2 atom stereocenters. The molecule has 1 N–H and O–H groups in total. The van der Waals surface area contributed by atoms with Crippen LogP contribution in [0.15, 0.2) is 36.5 Å². The Hall–Kier alpha value is -1.77. The highest BCUT2D eigenvalue weighted by atomic mass is 31.2. The molecule has 0 heterocycles. The van der Waals surface area contributed by atoms with Gasteiger partial charge in [0.05, 0.1) is 27.7 Å². The lowest BCUT2D eigenvalue weighted by atomic mass is 10.0. The fourth-order valence-corrected chi connectivity index (χ4v) is 12.5. The smallest absolute Gasteiger partial charge is 0.462 e. The molecule has 0 aliphatic rings. The maximum absolute atomic E-state index is 12.9. The molecule has 0 aliphatic carbocycles. The number of likely N-dealkylation sites (N-methyl/N-ethyl adjacent to an activating group) is 1. The Kier molecular flexibility index (Phi) is 68.2. The maximum atomic E-state index is 12.9. The van der Waals surface area contributed by atoms with E-state index >= 15 is 0 Å². The molecule has 0 bridgehead atoms. The number of nitrogens with zero attached hydrogens (tertiary/aromatic N) is 1. The lowest BCUT2D eigenvalue weighted by Gasteiger charge is -2.24. The number of rotatable bonds is 73. The van der Waals surface area contributed by atoms with Crippen LogP contribution < -0.4 is 0 Å². The number of unbranched alkanes of at least 4 members (excludes halogenated alkanes) is 53. The highest BCUT2D eigenvalue weighted by molar-refractivity contribution is 7.47. The number of allylic oxidation sites excluding steroid dienone is 6. The molecule has 88 heavy (non-hydrogen) atoms. The van der Waals surface area contributed by atoms with E-state index in [9.17, 15) is 19.0 Å². The largest absolute Gasteiger partial charge is 0.472 e. The summed E-state index contributed by atoms with van der Waals surface area (Å²) in [4.78, 5) is 35.9. The molecule has 0 aromatic carbocycles. The van der Waals surface area contributed by atoms with Gasteiger partial charge in [0.1, 0.15) is 19.8 Å². The van der Waals surface area contributed by atoms with Crippen molar-refractivity contribution in [2.45, 2.75) is 405 Å². The Labute approximate surface area is 548 Å². The number of hydrogen-bond acceptors (Lipinski definition) is 7. The molecule has 10 heteroatoms. The summed E-state index contributed by atoms with van der Waals surface area (Å²) >= 11 is 0. The van der Waals surface area contributed by atoms with Crippen molar-refractivity contribution in [3.05, 3.63) is 36.5 Å². The van der Waals surface area contributed by atoms with E-state index in [0.29, 0.717) is 23.9 Å². The standard InChI is InChI=1S/C78H150NO8P/c1-6-8-10-12-14-16-18-20-22-24-26-28-30-32-33-34-35-36-37-38-39-40-41-42-43-44-45-47-48-50-52-54-56-58-60-62-64-66-68-70-77(80)84-74-76(75-86-88(82,83)85-73-72-79(3,4)5)87-78(81)71-69-67-65-63-61-59-57-55-53-51-49-46-31-29-27-25-23-21-19-17-15-13-11-9-7-2/h19,21,25,27,31,46,76H,6-18,20,22-24,26,28-30,32-45,47-75H2,1-5H3/p+1/b21-19-,27-25-,46-31-. The van der Waals surface area contributed by atoms with Gasteiger partial charge in [-0.3, -0.25) is 18.6 Å². The Balaban J connectivity index is 3.89. The van der Waals surface area contributed by atoms with Gasteiger partial charge in [-0.25, -0.2) is 4.57 Å². The van der Waals surface area contributed by atoms with Crippen molar-refractivity contribution in [3.8, 4) is 0 Å². The van der Waals surface area contributed by atoms with Gasteiger partial charge in [0.25, 0.3) is 0 Å². The molecule has 0 saturated heterocycles. The van der Waals surface area contributed by atoms with Gasteiger partial charge in [-0.1, -0.05) is 371 Å². The van der Waals surface area contributed by atoms with Gasteiger partial charge in [0, 0.05) is 12.8 Å². The van der Waals surface area contributed by atoms with Crippen LogP contribution in [-0.2, 0) is 32.7 Å². The Morgan fingerprint density at radius 1 is 0.352 bits per heavy atom. The number of esters is 2. The summed E-state index contributed by atoms with van der Waals surface area (Å²) in [5, 5.41) is 0. The number of phosphoric acid groups is 1. The van der Waals surface area contributed by atoms with Gasteiger partial charge in [0.2, 0.25) is 0 Å². The first-order valence-corrected chi connectivity index (χ1v) is 40.2. The van der Waals surface area contributed by atoms with Crippen LogP contribution in [0, 0.1) is 0 Å². The Bertz CT molecular complexity index is 1580. The van der Waals surface area contributed by atoms with Crippen LogP contribution in [0.5, 0.6) is 0 Å². The minimum absolute atomic E-state index is 0.0326. The van der Waals surface area contributed by atoms with Crippen LogP contribution >= 0.6 is 7.82 Å². The van der Waals surface area contributed by atoms with Crippen molar-refractivity contribution < 1.29 is 42.1 Å². The molecule has 0 amide bonds. The molecular weight excluding hydrogens is 1110 g/mol. The predicted molar refractivity (Wildman–Crippen MR) is 381 cm³/mol.